The third kappa shape index (κ3) is 2.36. The SMILES string of the molecule is CC(C(=O)Nc1cccc2c(=O)[nH][nH]c(=O)c12)C1CNC1. The maximum Gasteiger partial charge on any atom is 0.272 e. The maximum absolute atomic E-state index is 12.2. The minimum Gasteiger partial charge on any atom is -0.325 e. The first-order chi connectivity index (χ1) is 10.1. The van der Waals surface area contributed by atoms with Gasteiger partial charge in [0.05, 0.1) is 16.5 Å². The van der Waals surface area contributed by atoms with Gasteiger partial charge in [-0.05, 0) is 31.1 Å². The largest absolute Gasteiger partial charge is 0.325 e. The van der Waals surface area contributed by atoms with Crippen LogP contribution in [0.25, 0.3) is 10.8 Å². The minimum absolute atomic E-state index is 0.145. The minimum atomic E-state index is -0.432. The van der Waals surface area contributed by atoms with E-state index in [9.17, 15) is 14.4 Å². The molecule has 1 amide bonds. The Kier molecular flexibility index (Phi) is 3.34. The molecule has 3 rings (SSSR count). The summed E-state index contributed by atoms with van der Waals surface area (Å²) in [5, 5.41) is 10.9. The number of amides is 1. The molecule has 2 aromatic rings. The first kappa shape index (κ1) is 13.6. The van der Waals surface area contributed by atoms with Crippen LogP contribution in [-0.4, -0.2) is 29.2 Å². The molecule has 0 radical (unpaired) electrons. The van der Waals surface area contributed by atoms with Crippen LogP contribution in [0.2, 0.25) is 0 Å². The van der Waals surface area contributed by atoms with E-state index in [2.05, 4.69) is 20.8 Å². The van der Waals surface area contributed by atoms with E-state index in [1.807, 2.05) is 6.92 Å². The molecule has 1 aliphatic rings. The van der Waals surface area contributed by atoms with Gasteiger partial charge in [-0.1, -0.05) is 13.0 Å². The monoisotopic (exact) mass is 288 g/mol. The predicted molar refractivity (Wildman–Crippen MR) is 79.3 cm³/mol. The normalized spacial score (nSPS) is 16.4. The average molecular weight is 288 g/mol. The molecule has 7 heteroatoms. The molecule has 1 aromatic carbocycles. The average Bonchev–Trinajstić information content (AvgIpc) is 2.41. The van der Waals surface area contributed by atoms with Gasteiger partial charge in [-0.2, -0.15) is 0 Å². The molecule has 1 unspecified atom stereocenters. The first-order valence-corrected chi connectivity index (χ1v) is 6.83. The van der Waals surface area contributed by atoms with Crippen molar-refractivity contribution in [3.63, 3.8) is 0 Å². The van der Waals surface area contributed by atoms with Gasteiger partial charge < -0.3 is 10.6 Å². The molecule has 1 saturated heterocycles. The molecule has 1 aromatic heterocycles. The summed E-state index contributed by atoms with van der Waals surface area (Å²) in [7, 11) is 0. The number of aromatic nitrogens is 2. The van der Waals surface area contributed by atoms with E-state index >= 15 is 0 Å². The van der Waals surface area contributed by atoms with Gasteiger partial charge >= 0.3 is 0 Å². The Balaban J connectivity index is 1.97. The molecular weight excluding hydrogens is 272 g/mol. The number of rotatable bonds is 3. The van der Waals surface area contributed by atoms with Gasteiger partial charge in [0.15, 0.2) is 0 Å². The highest BCUT2D eigenvalue weighted by atomic mass is 16.2. The van der Waals surface area contributed by atoms with Gasteiger partial charge in [-0.3, -0.25) is 24.6 Å². The molecule has 0 bridgehead atoms. The van der Waals surface area contributed by atoms with Crippen LogP contribution in [0.1, 0.15) is 6.92 Å². The number of fused-ring (bicyclic) bond motifs is 1. The number of anilines is 1. The predicted octanol–water partition coefficient (Wildman–Crippen LogP) is 0.0104. The summed E-state index contributed by atoms with van der Waals surface area (Å²) in [6, 6.07) is 4.82. The van der Waals surface area contributed by atoms with Gasteiger partial charge in [0, 0.05) is 5.92 Å². The highest BCUT2D eigenvalue weighted by Gasteiger charge is 2.29. The third-order valence-electron chi connectivity index (χ3n) is 4.02. The van der Waals surface area contributed by atoms with Crippen molar-refractivity contribution in [2.75, 3.05) is 18.4 Å². The molecule has 1 aliphatic heterocycles. The Bertz CT molecular complexity index is 804. The maximum atomic E-state index is 12.2. The van der Waals surface area contributed by atoms with Crippen molar-refractivity contribution < 1.29 is 4.79 Å². The van der Waals surface area contributed by atoms with E-state index in [-0.39, 0.29) is 22.6 Å². The van der Waals surface area contributed by atoms with Crippen LogP contribution in [0.5, 0.6) is 0 Å². The molecule has 0 aliphatic carbocycles. The van der Waals surface area contributed by atoms with Crippen LogP contribution >= 0.6 is 0 Å². The Morgan fingerprint density at radius 3 is 2.62 bits per heavy atom. The lowest BCUT2D eigenvalue weighted by Crippen LogP contribution is -2.48. The van der Waals surface area contributed by atoms with Gasteiger partial charge in [-0.25, -0.2) is 0 Å². The van der Waals surface area contributed by atoms with Gasteiger partial charge in [0.1, 0.15) is 0 Å². The molecule has 2 heterocycles. The molecule has 4 N–H and O–H groups in total. The van der Waals surface area contributed by atoms with E-state index < -0.39 is 11.1 Å². The van der Waals surface area contributed by atoms with Crippen molar-refractivity contribution in [3.8, 4) is 0 Å². The number of hydrogen-bond donors (Lipinski definition) is 4. The quantitative estimate of drug-likeness (QED) is 0.638. The second-order valence-corrected chi connectivity index (χ2v) is 5.33. The standard InChI is InChI=1S/C14H16N4O3/c1-7(8-5-15-6-8)12(19)16-10-4-2-3-9-11(10)14(21)18-17-13(9)20/h2-4,7-8,15H,5-6H2,1H3,(H,16,19)(H,17,20)(H,18,21). The summed E-state index contributed by atoms with van der Waals surface area (Å²) < 4.78 is 0. The second-order valence-electron chi connectivity index (χ2n) is 5.33. The summed E-state index contributed by atoms with van der Waals surface area (Å²) in [5.74, 6) is 0.0120. The molecular formula is C14H16N4O3. The summed E-state index contributed by atoms with van der Waals surface area (Å²) in [6.45, 7) is 3.51. The molecule has 7 nitrogen and oxygen atoms in total. The van der Waals surface area contributed by atoms with Crippen molar-refractivity contribution >= 4 is 22.4 Å². The summed E-state index contributed by atoms with van der Waals surface area (Å²) in [4.78, 5) is 35.9. The number of hydrogen-bond acceptors (Lipinski definition) is 4. The molecule has 110 valence electrons. The lowest BCUT2D eigenvalue weighted by Gasteiger charge is -2.31. The Morgan fingerprint density at radius 2 is 1.95 bits per heavy atom. The summed E-state index contributed by atoms with van der Waals surface area (Å²) in [6.07, 6.45) is 0. The van der Waals surface area contributed by atoms with Crippen molar-refractivity contribution in [1.29, 1.82) is 0 Å². The second kappa shape index (κ2) is 5.17. The fourth-order valence-electron chi connectivity index (χ4n) is 2.46. The highest BCUT2D eigenvalue weighted by molar-refractivity contribution is 6.02. The number of benzene rings is 1. The van der Waals surface area contributed by atoms with Crippen LogP contribution in [0.3, 0.4) is 0 Å². The lowest BCUT2D eigenvalue weighted by molar-refractivity contribution is -0.121. The fourth-order valence-corrected chi connectivity index (χ4v) is 2.46. The van der Waals surface area contributed by atoms with Crippen LogP contribution < -0.4 is 21.8 Å². The topological polar surface area (TPSA) is 107 Å². The van der Waals surface area contributed by atoms with Crippen molar-refractivity contribution in [1.82, 2.24) is 15.5 Å². The van der Waals surface area contributed by atoms with Gasteiger partial charge in [0.2, 0.25) is 5.91 Å². The van der Waals surface area contributed by atoms with Gasteiger partial charge in [-0.15, -0.1) is 0 Å². The van der Waals surface area contributed by atoms with E-state index in [0.29, 0.717) is 11.6 Å². The number of carbonyl (C=O) groups is 1. The molecule has 1 atom stereocenters. The van der Waals surface area contributed by atoms with E-state index in [0.717, 1.165) is 13.1 Å². The zero-order chi connectivity index (χ0) is 15.0. The van der Waals surface area contributed by atoms with E-state index in [1.165, 1.54) is 0 Å². The van der Waals surface area contributed by atoms with E-state index in [1.54, 1.807) is 18.2 Å². The number of carbonyl (C=O) groups excluding carboxylic acids is 1. The highest BCUT2D eigenvalue weighted by Crippen LogP contribution is 2.21. The fraction of sp³-hybridized carbons (Fsp3) is 0.357. The van der Waals surface area contributed by atoms with Crippen LogP contribution in [0, 0.1) is 11.8 Å². The molecule has 0 saturated carbocycles. The number of nitrogens with one attached hydrogen (secondary N) is 4. The van der Waals surface area contributed by atoms with Crippen LogP contribution in [0.15, 0.2) is 27.8 Å². The zero-order valence-electron chi connectivity index (χ0n) is 11.5. The van der Waals surface area contributed by atoms with E-state index in [4.69, 9.17) is 0 Å². The summed E-state index contributed by atoms with van der Waals surface area (Å²) >= 11 is 0. The molecule has 0 spiro atoms. The van der Waals surface area contributed by atoms with Crippen molar-refractivity contribution in [2.45, 2.75) is 6.92 Å². The number of aromatic amines is 2. The molecule has 1 fully saturated rings. The third-order valence-corrected chi connectivity index (χ3v) is 4.02. The van der Waals surface area contributed by atoms with Crippen LogP contribution in [0.4, 0.5) is 5.69 Å². The zero-order valence-corrected chi connectivity index (χ0v) is 11.5. The summed E-state index contributed by atoms with van der Waals surface area (Å²) in [5.41, 5.74) is -0.459. The van der Waals surface area contributed by atoms with Crippen molar-refractivity contribution in [2.24, 2.45) is 11.8 Å². The first-order valence-electron chi connectivity index (χ1n) is 6.83. The Hall–Kier alpha value is -2.41. The number of H-pyrrole nitrogens is 2. The van der Waals surface area contributed by atoms with Crippen LogP contribution in [-0.2, 0) is 4.79 Å². The van der Waals surface area contributed by atoms with Crippen molar-refractivity contribution in [3.05, 3.63) is 38.9 Å². The molecule has 21 heavy (non-hydrogen) atoms. The van der Waals surface area contributed by atoms with Gasteiger partial charge in [0.25, 0.3) is 11.1 Å². The lowest BCUT2D eigenvalue weighted by atomic mass is 9.88. The Morgan fingerprint density at radius 1 is 1.24 bits per heavy atom. The smallest absolute Gasteiger partial charge is 0.272 e. The Labute approximate surface area is 119 Å².